The fourth-order valence-corrected chi connectivity index (χ4v) is 4.30. The van der Waals surface area contributed by atoms with Crippen LogP contribution >= 0.6 is 11.8 Å². The fourth-order valence-electron chi connectivity index (χ4n) is 2.98. The minimum absolute atomic E-state index is 0.257. The van der Waals surface area contributed by atoms with E-state index >= 15 is 0 Å². The molecule has 3 heteroatoms. The largest absolute Gasteiger partial charge is 0.395 e. The van der Waals surface area contributed by atoms with Gasteiger partial charge in [0.15, 0.2) is 0 Å². The van der Waals surface area contributed by atoms with Gasteiger partial charge in [0.05, 0.1) is 13.2 Å². The van der Waals surface area contributed by atoms with Crippen molar-refractivity contribution >= 4 is 11.8 Å². The molecule has 0 heterocycles. The molecule has 0 aliphatic rings. The average Bonchev–Trinajstić information content (AvgIpc) is 2.58. The Balaban J connectivity index is 3.70. The second kappa shape index (κ2) is 18.6. The van der Waals surface area contributed by atoms with Crippen molar-refractivity contribution in [1.29, 1.82) is 0 Å². The van der Waals surface area contributed by atoms with Gasteiger partial charge in [0.25, 0.3) is 0 Å². The third kappa shape index (κ3) is 15.5. The predicted octanol–water partition coefficient (Wildman–Crippen LogP) is 5.94. The first-order chi connectivity index (χ1) is 11.3. The highest BCUT2D eigenvalue weighted by atomic mass is 32.2. The van der Waals surface area contributed by atoms with Gasteiger partial charge in [-0.15, -0.1) is 0 Å². The number of aliphatic hydroxyl groups excluding tert-OH is 2. The molecule has 2 nitrogen and oxygen atoms in total. The fraction of sp³-hybridized carbons (Fsp3) is 1.00. The molecule has 0 aliphatic carbocycles. The Morgan fingerprint density at radius 3 is 1.26 bits per heavy atom. The van der Waals surface area contributed by atoms with Crippen molar-refractivity contribution in [2.75, 3.05) is 13.2 Å². The molecule has 0 aliphatic heterocycles. The molecule has 0 bridgehead atoms. The second-order valence-electron chi connectivity index (χ2n) is 6.86. The monoisotopic (exact) mass is 346 g/mol. The van der Waals surface area contributed by atoms with Crippen molar-refractivity contribution < 1.29 is 10.2 Å². The second-order valence-corrected chi connectivity index (χ2v) is 8.46. The Hall–Kier alpha value is 0.270. The smallest absolute Gasteiger partial charge is 0.0550 e. The summed E-state index contributed by atoms with van der Waals surface area (Å²) in [4.78, 5) is 0. The highest BCUT2D eigenvalue weighted by molar-refractivity contribution is 8.00. The van der Waals surface area contributed by atoms with E-state index in [1.807, 2.05) is 11.8 Å². The van der Waals surface area contributed by atoms with Crippen molar-refractivity contribution in [1.82, 2.24) is 0 Å². The summed E-state index contributed by atoms with van der Waals surface area (Å²) in [5, 5.41) is 19.8. The van der Waals surface area contributed by atoms with Crippen molar-refractivity contribution in [2.45, 2.75) is 114 Å². The highest BCUT2D eigenvalue weighted by Crippen LogP contribution is 2.26. The number of hydrogen-bond donors (Lipinski definition) is 2. The van der Waals surface area contributed by atoms with Gasteiger partial charge in [0.2, 0.25) is 0 Å². The van der Waals surface area contributed by atoms with Crippen molar-refractivity contribution in [3.63, 3.8) is 0 Å². The van der Waals surface area contributed by atoms with Gasteiger partial charge in [-0.25, -0.2) is 0 Å². The SMILES string of the molecule is CCCCCCCCC(CO)SC(CO)CCCCCCCC. The van der Waals surface area contributed by atoms with Crippen LogP contribution in [0.4, 0.5) is 0 Å². The first kappa shape index (κ1) is 23.3. The quantitative estimate of drug-likeness (QED) is 0.302. The summed E-state index contributed by atoms with van der Waals surface area (Å²) in [6, 6.07) is 0. The maximum absolute atomic E-state index is 9.58. The van der Waals surface area contributed by atoms with Gasteiger partial charge in [-0.3, -0.25) is 0 Å². The van der Waals surface area contributed by atoms with Crippen molar-refractivity contribution in [3.8, 4) is 0 Å². The third-order valence-electron chi connectivity index (χ3n) is 4.55. The summed E-state index contributed by atoms with van der Waals surface area (Å²) in [5.74, 6) is 0. The molecule has 0 saturated carbocycles. The molecule has 0 saturated heterocycles. The molecule has 23 heavy (non-hydrogen) atoms. The van der Waals surface area contributed by atoms with Crippen molar-refractivity contribution in [2.24, 2.45) is 0 Å². The summed E-state index contributed by atoms with van der Waals surface area (Å²) >= 11 is 1.83. The molecule has 2 atom stereocenters. The van der Waals surface area contributed by atoms with Gasteiger partial charge >= 0.3 is 0 Å². The average molecular weight is 347 g/mol. The maximum Gasteiger partial charge on any atom is 0.0550 e. The minimum atomic E-state index is 0.257. The zero-order chi connectivity index (χ0) is 17.2. The number of rotatable bonds is 18. The van der Waals surface area contributed by atoms with Gasteiger partial charge in [-0.2, -0.15) is 11.8 Å². The van der Waals surface area contributed by atoms with E-state index in [9.17, 15) is 10.2 Å². The maximum atomic E-state index is 9.58. The summed E-state index contributed by atoms with van der Waals surface area (Å²) in [7, 11) is 0. The first-order valence-corrected chi connectivity index (χ1v) is 11.1. The molecule has 0 amide bonds. The zero-order valence-electron chi connectivity index (χ0n) is 15.8. The van der Waals surface area contributed by atoms with Gasteiger partial charge < -0.3 is 10.2 Å². The molecular formula is C20H42O2S. The number of aliphatic hydroxyl groups is 2. The van der Waals surface area contributed by atoms with E-state index in [0.29, 0.717) is 10.5 Å². The van der Waals surface area contributed by atoms with Crippen LogP contribution in [0.3, 0.4) is 0 Å². The number of hydrogen-bond acceptors (Lipinski definition) is 3. The van der Waals surface area contributed by atoms with Crippen LogP contribution in [0.15, 0.2) is 0 Å². The lowest BCUT2D eigenvalue weighted by atomic mass is 10.1. The Morgan fingerprint density at radius 2 is 0.913 bits per heavy atom. The normalized spacial score (nSPS) is 14.1. The molecule has 0 rings (SSSR count). The van der Waals surface area contributed by atoms with Crippen LogP contribution in [-0.4, -0.2) is 33.9 Å². The van der Waals surface area contributed by atoms with Gasteiger partial charge in [0, 0.05) is 10.5 Å². The van der Waals surface area contributed by atoms with Crippen molar-refractivity contribution in [3.05, 3.63) is 0 Å². The molecule has 2 N–H and O–H groups in total. The van der Waals surface area contributed by atoms with Crippen LogP contribution in [0.25, 0.3) is 0 Å². The zero-order valence-corrected chi connectivity index (χ0v) is 16.6. The minimum Gasteiger partial charge on any atom is -0.395 e. The van der Waals surface area contributed by atoms with E-state index in [0.717, 1.165) is 12.8 Å². The highest BCUT2D eigenvalue weighted by Gasteiger charge is 2.15. The lowest BCUT2D eigenvalue weighted by Gasteiger charge is -2.20. The van der Waals surface area contributed by atoms with Crippen LogP contribution < -0.4 is 0 Å². The molecule has 0 fully saturated rings. The molecule has 2 unspecified atom stereocenters. The summed E-state index contributed by atoms with van der Waals surface area (Å²) in [5.41, 5.74) is 0. The Labute approximate surface area is 149 Å². The number of unbranched alkanes of at least 4 members (excludes halogenated alkanes) is 10. The van der Waals surface area contributed by atoms with Crippen LogP contribution in [0.2, 0.25) is 0 Å². The van der Waals surface area contributed by atoms with Gasteiger partial charge in [-0.05, 0) is 12.8 Å². The third-order valence-corrected chi connectivity index (χ3v) is 6.09. The van der Waals surface area contributed by atoms with Crippen LogP contribution in [0, 0.1) is 0 Å². The molecular weight excluding hydrogens is 304 g/mol. The van der Waals surface area contributed by atoms with Crippen LogP contribution in [-0.2, 0) is 0 Å². The van der Waals surface area contributed by atoms with E-state index < -0.39 is 0 Å². The Kier molecular flexibility index (Phi) is 18.8. The topological polar surface area (TPSA) is 40.5 Å². The lowest BCUT2D eigenvalue weighted by Crippen LogP contribution is -2.18. The molecule has 0 spiro atoms. The molecule has 0 aromatic carbocycles. The van der Waals surface area contributed by atoms with Gasteiger partial charge in [0.1, 0.15) is 0 Å². The van der Waals surface area contributed by atoms with Gasteiger partial charge in [-0.1, -0.05) is 90.9 Å². The van der Waals surface area contributed by atoms with E-state index in [1.54, 1.807) is 0 Å². The van der Waals surface area contributed by atoms with E-state index in [2.05, 4.69) is 13.8 Å². The molecule has 0 aromatic rings. The lowest BCUT2D eigenvalue weighted by molar-refractivity contribution is 0.279. The van der Waals surface area contributed by atoms with Crippen LogP contribution in [0.5, 0.6) is 0 Å². The molecule has 0 aromatic heterocycles. The summed E-state index contributed by atoms with van der Waals surface area (Å²) < 4.78 is 0. The van der Waals surface area contributed by atoms with Crippen LogP contribution in [0.1, 0.15) is 104 Å². The number of thioether (sulfide) groups is 1. The van der Waals surface area contributed by atoms with E-state index in [4.69, 9.17) is 0 Å². The Bertz CT molecular complexity index is 202. The molecule has 140 valence electrons. The molecule has 0 radical (unpaired) electrons. The summed E-state index contributed by atoms with van der Waals surface area (Å²) in [6.45, 7) is 5.01. The van der Waals surface area contributed by atoms with E-state index in [-0.39, 0.29) is 13.2 Å². The van der Waals surface area contributed by atoms with E-state index in [1.165, 1.54) is 77.0 Å². The standard InChI is InChI=1S/C20H42O2S/c1-3-5-7-9-11-13-15-19(17-21)23-20(18-22)16-14-12-10-8-6-4-2/h19-22H,3-18H2,1-2H3. The Morgan fingerprint density at radius 1 is 0.565 bits per heavy atom. The predicted molar refractivity (Wildman–Crippen MR) is 105 cm³/mol. The first-order valence-electron chi connectivity index (χ1n) is 10.2. The summed E-state index contributed by atoms with van der Waals surface area (Å²) in [6.07, 6.45) is 17.9.